The molecule has 1 heterocycles. The molecule has 1 aromatic rings. The summed E-state index contributed by atoms with van der Waals surface area (Å²) in [6.45, 7) is 3.77. The van der Waals surface area contributed by atoms with Gasteiger partial charge in [0.15, 0.2) is 0 Å². The van der Waals surface area contributed by atoms with Crippen LogP contribution < -0.4 is 10.6 Å². The van der Waals surface area contributed by atoms with Crippen LogP contribution in [0.15, 0.2) is 24.3 Å². The first-order valence-electron chi connectivity index (χ1n) is 6.32. The summed E-state index contributed by atoms with van der Waals surface area (Å²) in [5, 5.41) is 6.19. The van der Waals surface area contributed by atoms with Gasteiger partial charge in [0, 0.05) is 6.54 Å². The minimum absolute atomic E-state index is 0.0352. The van der Waals surface area contributed by atoms with Crippen LogP contribution in [0.5, 0.6) is 0 Å². The van der Waals surface area contributed by atoms with Crippen LogP contribution in [0.3, 0.4) is 0 Å². The lowest BCUT2D eigenvalue weighted by Crippen LogP contribution is -2.41. The lowest BCUT2D eigenvalue weighted by atomic mass is 10.1. The zero-order valence-electron chi connectivity index (χ0n) is 10.3. The van der Waals surface area contributed by atoms with Gasteiger partial charge < -0.3 is 10.6 Å². The Bertz CT molecular complexity index is 366. The van der Waals surface area contributed by atoms with Crippen LogP contribution in [0, 0.1) is 6.92 Å². The van der Waals surface area contributed by atoms with Gasteiger partial charge in [-0.2, -0.15) is 0 Å². The van der Waals surface area contributed by atoms with Crippen molar-refractivity contribution in [3.8, 4) is 0 Å². The van der Waals surface area contributed by atoms with Crippen LogP contribution in [-0.4, -0.2) is 25.0 Å². The number of amides is 1. The van der Waals surface area contributed by atoms with Gasteiger partial charge in [0.25, 0.3) is 0 Å². The molecule has 17 heavy (non-hydrogen) atoms. The van der Waals surface area contributed by atoms with E-state index in [1.165, 1.54) is 11.1 Å². The predicted octanol–water partition coefficient (Wildman–Crippen LogP) is 1.41. The topological polar surface area (TPSA) is 41.1 Å². The van der Waals surface area contributed by atoms with E-state index in [1.807, 2.05) is 0 Å². The second kappa shape index (κ2) is 5.82. The van der Waals surface area contributed by atoms with E-state index in [0.29, 0.717) is 0 Å². The molecule has 0 aromatic heterocycles. The second-order valence-corrected chi connectivity index (χ2v) is 4.68. The molecule has 0 unspecified atom stereocenters. The number of aryl methyl sites for hydroxylation is 1. The van der Waals surface area contributed by atoms with Crippen LogP contribution >= 0.6 is 0 Å². The Morgan fingerprint density at radius 3 is 2.82 bits per heavy atom. The van der Waals surface area contributed by atoms with Crippen molar-refractivity contribution in [1.29, 1.82) is 0 Å². The molecule has 1 saturated heterocycles. The summed E-state index contributed by atoms with van der Waals surface area (Å²) in [7, 11) is 0. The van der Waals surface area contributed by atoms with E-state index in [2.05, 4.69) is 41.8 Å². The number of rotatable bonds is 4. The van der Waals surface area contributed by atoms with Crippen molar-refractivity contribution in [3.05, 3.63) is 35.4 Å². The Labute approximate surface area is 103 Å². The van der Waals surface area contributed by atoms with Gasteiger partial charge in [0.1, 0.15) is 0 Å². The molecule has 0 radical (unpaired) electrons. The van der Waals surface area contributed by atoms with Gasteiger partial charge in [-0.05, 0) is 38.3 Å². The standard InChI is InChI=1S/C14H20N2O/c1-11-4-6-12(7-5-11)8-10-16-14(17)13-3-2-9-15-13/h4-7,13,15H,2-3,8-10H2,1H3,(H,16,17)/t13-/m0/s1. The van der Waals surface area contributed by atoms with Crippen molar-refractivity contribution in [2.45, 2.75) is 32.2 Å². The van der Waals surface area contributed by atoms with Crippen molar-refractivity contribution in [3.63, 3.8) is 0 Å². The number of carbonyl (C=O) groups excluding carboxylic acids is 1. The highest BCUT2D eigenvalue weighted by Crippen LogP contribution is 2.05. The third-order valence-corrected chi connectivity index (χ3v) is 3.21. The smallest absolute Gasteiger partial charge is 0.237 e. The SMILES string of the molecule is Cc1ccc(CCNC(=O)[C@@H]2CCCN2)cc1. The van der Waals surface area contributed by atoms with E-state index < -0.39 is 0 Å². The van der Waals surface area contributed by atoms with Gasteiger partial charge in [-0.3, -0.25) is 4.79 Å². The molecule has 1 aliphatic heterocycles. The van der Waals surface area contributed by atoms with Gasteiger partial charge in [-0.1, -0.05) is 29.8 Å². The fourth-order valence-electron chi connectivity index (χ4n) is 2.12. The van der Waals surface area contributed by atoms with Gasteiger partial charge >= 0.3 is 0 Å². The van der Waals surface area contributed by atoms with Crippen molar-refractivity contribution >= 4 is 5.91 Å². The zero-order chi connectivity index (χ0) is 12.1. The molecular formula is C14H20N2O. The molecule has 1 atom stereocenters. The lowest BCUT2D eigenvalue weighted by Gasteiger charge is -2.10. The molecule has 0 saturated carbocycles. The number of hydrogen-bond donors (Lipinski definition) is 2. The fourth-order valence-corrected chi connectivity index (χ4v) is 2.12. The number of hydrogen-bond acceptors (Lipinski definition) is 2. The molecule has 92 valence electrons. The Morgan fingerprint density at radius 2 is 2.18 bits per heavy atom. The molecule has 0 bridgehead atoms. The summed E-state index contributed by atoms with van der Waals surface area (Å²) in [6.07, 6.45) is 2.98. The van der Waals surface area contributed by atoms with Gasteiger partial charge in [-0.15, -0.1) is 0 Å². The van der Waals surface area contributed by atoms with E-state index in [9.17, 15) is 4.79 Å². The first-order chi connectivity index (χ1) is 8.25. The normalized spacial score (nSPS) is 19.2. The summed E-state index contributed by atoms with van der Waals surface area (Å²) < 4.78 is 0. The average molecular weight is 232 g/mol. The van der Waals surface area contributed by atoms with Crippen LogP contribution in [0.25, 0.3) is 0 Å². The van der Waals surface area contributed by atoms with Crippen LogP contribution in [0.4, 0.5) is 0 Å². The molecule has 3 heteroatoms. The largest absolute Gasteiger partial charge is 0.354 e. The monoisotopic (exact) mass is 232 g/mol. The van der Waals surface area contributed by atoms with Crippen LogP contribution in [-0.2, 0) is 11.2 Å². The quantitative estimate of drug-likeness (QED) is 0.824. The highest BCUT2D eigenvalue weighted by Gasteiger charge is 2.20. The molecule has 3 nitrogen and oxygen atoms in total. The minimum atomic E-state index is 0.0352. The Balaban J connectivity index is 1.72. The average Bonchev–Trinajstić information content (AvgIpc) is 2.85. The summed E-state index contributed by atoms with van der Waals surface area (Å²) >= 11 is 0. The molecule has 2 N–H and O–H groups in total. The van der Waals surface area contributed by atoms with Crippen molar-refractivity contribution in [1.82, 2.24) is 10.6 Å². The zero-order valence-corrected chi connectivity index (χ0v) is 10.3. The van der Waals surface area contributed by atoms with E-state index in [1.54, 1.807) is 0 Å². The van der Waals surface area contributed by atoms with Crippen LogP contribution in [0.2, 0.25) is 0 Å². The van der Waals surface area contributed by atoms with Gasteiger partial charge in [0.05, 0.1) is 6.04 Å². The van der Waals surface area contributed by atoms with Crippen molar-refractivity contribution in [2.24, 2.45) is 0 Å². The van der Waals surface area contributed by atoms with E-state index in [-0.39, 0.29) is 11.9 Å². The molecule has 2 rings (SSSR count). The van der Waals surface area contributed by atoms with E-state index >= 15 is 0 Å². The Morgan fingerprint density at radius 1 is 1.41 bits per heavy atom. The molecule has 0 spiro atoms. The first kappa shape index (κ1) is 12.1. The third-order valence-electron chi connectivity index (χ3n) is 3.21. The molecule has 1 aliphatic rings. The predicted molar refractivity (Wildman–Crippen MR) is 68.9 cm³/mol. The molecule has 0 aliphatic carbocycles. The summed E-state index contributed by atoms with van der Waals surface area (Å²) in [5.74, 6) is 0.148. The third kappa shape index (κ3) is 3.56. The first-order valence-corrected chi connectivity index (χ1v) is 6.32. The maximum atomic E-state index is 11.7. The minimum Gasteiger partial charge on any atom is -0.354 e. The molecule has 1 fully saturated rings. The summed E-state index contributed by atoms with van der Waals surface area (Å²) in [5.41, 5.74) is 2.54. The maximum Gasteiger partial charge on any atom is 0.237 e. The highest BCUT2D eigenvalue weighted by atomic mass is 16.2. The number of carbonyl (C=O) groups is 1. The van der Waals surface area contributed by atoms with Gasteiger partial charge in [-0.25, -0.2) is 0 Å². The van der Waals surface area contributed by atoms with Crippen molar-refractivity contribution < 1.29 is 4.79 Å². The Hall–Kier alpha value is -1.35. The van der Waals surface area contributed by atoms with Crippen LogP contribution in [0.1, 0.15) is 24.0 Å². The molecule has 1 aromatic carbocycles. The highest BCUT2D eigenvalue weighted by molar-refractivity contribution is 5.81. The molecule has 1 amide bonds. The number of benzene rings is 1. The van der Waals surface area contributed by atoms with Gasteiger partial charge in [0.2, 0.25) is 5.91 Å². The van der Waals surface area contributed by atoms with E-state index in [4.69, 9.17) is 0 Å². The van der Waals surface area contributed by atoms with Crippen molar-refractivity contribution in [2.75, 3.05) is 13.1 Å². The summed E-state index contributed by atoms with van der Waals surface area (Å²) in [4.78, 5) is 11.7. The second-order valence-electron chi connectivity index (χ2n) is 4.68. The fraction of sp³-hybridized carbons (Fsp3) is 0.500. The molecular weight excluding hydrogens is 212 g/mol. The maximum absolute atomic E-state index is 11.7. The van der Waals surface area contributed by atoms with E-state index in [0.717, 1.165) is 32.4 Å². The lowest BCUT2D eigenvalue weighted by molar-refractivity contribution is -0.122. The summed E-state index contributed by atoms with van der Waals surface area (Å²) in [6, 6.07) is 8.49. The Kier molecular flexibility index (Phi) is 4.15. The number of nitrogens with one attached hydrogen (secondary N) is 2.